The molecule has 0 fully saturated rings. The highest BCUT2D eigenvalue weighted by Crippen LogP contribution is 2.37. The molecule has 0 spiro atoms. The van der Waals surface area contributed by atoms with E-state index in [4.69, 9.17) is 4.74 Å². The van der Waals surface area contributed by atoms with Crippen molar-refractivity contribution in [1.29, 1.82) is 0 Å². The maximum absolute atomic E-state index is 12.6. The van der Waals surface area contributed by atoms with Crippen LogP contribution >= 0.6 is 0 Å². The second kappa shape index (κ2) is 8.68. The second-order valence-corrected chi connectivity index (χ2v) is 6.06. The molecule has 2 nitrogen and oxygen atoms in total. The van der Waals surface area contributed by atoms with Crippen LogP contribution < -0.4 is 0 Å². The zero-order valence-electron chi connectivity index (χ0n) is 12.9. The van der Waals surface area contributed by atoms with Gasteiger partial charge in [-0.3, -0.25) is 4.79 Å². The van der Waals surface area contributed by atoms with Gasteiger partial charge >= 0.3 is 0 Å². The van der Waals surface area contributed by atoms with Crippen LogP contribution in [0, 0.1) is 24.2 Å². The Kier molecular flexibility index (Phi) is 8.51. The van der Waals surface area contributed by atoms with Crippen molar-refractivity contribution in [3.05, 3.63) is 6.92 Å². The van der Waals surface area contributed by atoms with Gasteiger partial charge in [-0.05, 0) is 31.1 Å². The van der Waals surface area contributed by atoms with E-state index < -0.39 is 0 Å². The van der Waals surface area contributed by atoms with Gasteiger partial charge in [0.2, 0.25) is 0 Å². The van der Waals surface area contributed by atoms with E-state index in [0.717, 1.165) is 25.7 Å². The van der Waals surface area contributed by atoms with E-state index in [-0.39, 0.29) is 5.41 Å². The standard InChI is InChI=1S/C16H31O2/c1-7-8-9-15(17)16(12-18-6,14(4)5)11-10-13(2)3/h13-14H,1,7-12H2,2-6H3. The third-order valence-electron chi connectivity index (χ3n) is 3.88. The number of rotatable bonds is 10. The van der Waals surface area contributed by atoms with Crippen molar-refractivity contribution in [3.8, 4) is 0 Å². The summed E-state index contributed by atoms with van der Waals surface area (Å²) in [6.07, 6.45) is 4.38. The van der Waals surface area contributed by atoms with Crippen LogP contribution in [0.2, 0.25) is 0 Å². The largest absolute Gasteiger partial charge is 0.384 e. The van der Waals surface area contributed by atoms with Gasteiger partial charge in [0.05, 0.1) is 12.0 Å². The van der Waals surface area contributed by atoms with E-state index >= 15 is 0 Å². The number of carbonyl (C=O) groups is 1. The molecule has 1 radical (unpaired) electrons. The first-order valence-corrected chi connectivity index (χ1v) is 7.22. The first-order valence-electron chi connectivity index (χ1n) is 7.22. The first kappa shape index (κ1) is 17.6. The number of ketones is 1. The molecule has 0 heterocycles. The maximum atomic E-state index is 12.6. The van der Waals surface area contributed by atoms with Crippen LogP contribution in [0.15, 0.2) is 0 Å². The lowest BCUT2D eigenvalue weighted by Gasteiger charge is -2.36. The van der Waals surface area contributed by atoms with Crippen LogP contribution in [0.3, 0.4) is 0 Å². The zero-order valence-corrected chi connectivity index (χ0v) is 12.9. The molecule has 18 heavy (non-hydrogen) atoms. The van der Waals surface area contributed by atoms with Crippen molar-refractivity contribution in [2.75, 3.05) is 13.7 Å². The SMILES string of the molecule is [CH2]CCCC(=O)C(CCC(C)C)(COC)C(C)C. The van der Waals surface area contributed by atoms with Gasteiger partial charge in [0.25, 0.3) is 0 Å². The molecule has 0 saturated heterocycles. The third-order valence-corrected chi connectivity index (χ3v) is 3.88. The average Bonchev–Trinajstić information content (AvgIpc) is 2.30. The van der Waals surface area contributed by atoms with E-state index in [1.165, 1.54) is 0 Å². The highest BCUT2D eigenvalue weighted by molar-refractivity contribution is 5.85. The molecule has 0 aromatic carbocycles. The minimum absolute atomic E-state index is 0.297. The average molecular weight is 255 g/mol. The molecule has 0 rings (SSSR count). The molecular weight excluding hydrogens is 224 g/mol. The zero-order chi connectivity index (χ0) is 14.2. The molecule has 2 heteroatoms. The van der Waals surface area contributed by atoms with E-state index in [0.29, 0.717) is 30.6 Å². The Morgan fingerprint density at radius 1 is 1.28 bits per heavy atom. The van der Waals surface area contributed by atoms with E-state index in [9.17, 15) is 4.79 Å². The maximum Gasteiger partial charge on any atom is 0.141 e. The van der Waals surface area contributed by atoms with Crippen LogP contribution in [0.25, 0.3) is 0 Å². The van der Waals surface area contributed by atoms with Crippen molar-refractivity contribution in [3.63, 3.8) is 0 Å². The number of Topliss-reactive ketones (excluding diaryl/α,β-unsaturated/α-hetero) is 1. The number of hydrogen-bond donors (Lipinski definition) is 0. The molecule has 1 atom stereocenters. The highest BCUT2D eigenvalue weighted by Gasteiger charge is 2.40. The Bertz CT molecular complexity index is 233. The summed E-state index contributed by atoms with van der Waals surface area (Å²) in [5.41, 5.74) is -0.297. The lowest BCUT2D eigenvalue weighted by Crippen LogP contribution is -2.41. The Labute approximate surface area is 113 Å². The topological polar surface area (TPSA) is 26.3 Å². The molecule has 0 amide bonds. The molecule has 0 aliphatic heterocycles. The van der Waals surface area contributed by atoms with Crippen molar-refractivity contribution in [2.24, 2.45) is 17.3 Å². The smallest absolute Gasteiger partial charge is 0.141 e. The first-order chi connectivity index (χ1) is 8.40. The van der Waals surface area contributed by atoms with Crippen LogP contribution in [0.5, 0.6) is 0 Å². The van der Waals surface area contributed by atoms with E-state index in [1.54, 1.807) is 7.11 Å². The molecule has 0 N–H and O–H groups in total. The van der Waals surface area contributed by atoms with Gasteiger partial charge in [-0.25, -0.2) is 0 Å². The van der Waals surface area contributed by atoms with Crippen LogP contribution in [-0.2, 0) is 9.53 Å². The second-order valence-electron chi connectivity index (χ2n) is 6.06. The molecule has 0 aliphatic carbocycles. The lowest BCUT2D eigenvalue weighted by atomic mass is 9.69. The molecule has 0 aromatic rings. The highest BCUT2D eigenvalue weighted by atomic mass is 16.5. The van der Waals surface area contributed by atoms with Gasteiger partial charge in [-0.15, -0.1) is 0 Å². The number of methoxy groups -OCH3 is 1. The molecule has 0 bridgehead atoms. The predicted octanol–water partition coefficient (Wildman–Crippen LogP) is 4.28. The summed E-state index contributed by atoms with van der Waals surface area (Å²) in [7, 11) is 1.70. The number of ether oxygens (including phenoxy) is 1. The summed E-state index contributed by atoms with van der Waals surface area (Å²) in [6, 6.07) is 0. The molecule has 107 valence electrons. The number of unbranched alkanes of at least 4 members (excludes halogenated alkanes) is 1. The molecule has 0 saturated carbocycles. The summed E-state index contributed by atoms with van der Waals surface area (Å²) < 4.78 is 5.37. The van der Waals surface area contributed by atoms with Crippen LogP contribution in [0.1, 0.15) is 59.8 Å². The summed E-state index contributed by atoms with van der Waals surface area (Å²) >= 11 is 0. The Morgan fingerprint density at radius 2 is 1.89 bits per heavy atom. The van der Waals surface area contributed by atoms with E-state index in [1.807, 2.05) is 0 Å². The van der Waals surface area contributed by atoms with Crippen molar-refractivity contribution >= 4 is 5.78 Å². The fourth-order valence-corrected chi connectivity index (χ4v) is 2.41. The monoisotopic (exact) mass is 255 g/mol. The number of carbonyl (C=O) groups excluding carboxylic acids is 1. The normalized spacial score (nSPS) is 15.1. The summed E-state index contributed by atoms with van der Waals surface area (Å²) in [5, 5.41) is 0. The summed E-state index contributed by atoms with van der Waals surface area (Å²) in [5.74, 6) is 1.32. The molecule has 1 unspecified atom stereocenters. The Morgan fingerprint density at radius 3 is 2.28 bits per heavy atom. The molecule has 0 aliphatic rings. The van der Waals surface area contributed by atoms with Gasteiger partial charge in [-0.2, -0.15) is 0 Å². The van der Waals surface area contributed by atoms with Gasteiger partial charge in [-0.1, -0.05) is 41.0 Å². The van der Waals surface area contributed by atoms with E-state index in [2.05, 4.69) is 34.6 Å². The minimum Gasteiger partial charge on any atom is -0.384 e. The van der Waals surface area contributed by atoms with Gasteiger partial charge in [0, 0.05) is 13.5 Å². The minimum atomic E-state index is -0.297. The van der Waals surface area contributed by atoms with Crippen molar-refractivity contribution in [1.82, 2.24) is 0 Å². The van der Waals surface area contributed by atoms with Crippen molar-refractivity contribution < 1.29 is 9.53 Å². The van der Waals surface area contributed by atoms with Crippen LogP contribution in [0.4, 0.5) is 0 Å². The quantitative estimate of drug-likeness (QED) is 0.582. The van der Waals surface area contributed by atoms with Crippen LogP contribution in [-0.4, -0.2) is 19.5 Å². The van der Waals surface area contributed by atoms with Crippen molar-refractivity contribution in [2.45, 2.75) is 59.8 Å². The number of hydrogen-bond acceptors (Lipinski definition) is 2. The molecular formula is C16H31O2. The van der Waals surface area contributed by atoms with Gasteiger partial charge in [0.15, 0.2) is 0 Å². The van der Waals surface area contributed by atoms with Gasteiger partial charge < -0.3 is 4.74 Å². The Balaban J connectivity index is 4.89. The third kappa shape index (κ3) is 5.09. The predicted molar refractivity (Wildman–Crippen MR) is 77.4 cm³/mol. The Hall–Kier alpha value is -0.370. The fourth-order valence-electron chi connectivity index (χ4n) is 2.41. The summed E-state index contributed by atoms with van der Waals surface area (Å²) in [4.78, 5) is 12.6. The fraction of sp³-hybridized carbons (Fsp3) is 0.875. The molecule has 0 aromatic heterocycles. The van der Waals surface area contributed by atoms with Gasteiger partial charge in [0.1, 0.15) is 5.78 Å². The lowest BCUT2D eigenvalue weighted by molar-refractivity contribution is -0.136. The summed E-state index contributed by atoms with van der Waals surface area (Å²) in [6.45, 7) is 13.1.